The maximum Gasteiger partial charge on any atom is 0.306 e. The first-order chi connectivity index (χ1) is 30.2. The highest BCUT2D eigenvalue weighted by molar-refractivity contribution is 5.78. The van der Waals surface area contributed by atoms with E-state index in [-0.39, 0.29) is 34.0 Å². The first-order valence-corrected chi connectivity index (χ1v) is 26.1. The molecule has 0 bridgehead atoms. The molecule has 0 atom stereocenters. The third kappa shape index (κ3) is 27.4. The van der Waals surface area contributed by atoms with Gasteiger partial charge in [0.05, 0.1) is 5.92 Å². The molecule has 0 unspecified atom stereocenters. The summed E-state index contributed by atoms with van der Waals surface area (Å²) in [6.07, 6.45) is 17.9. The number of phenols is 2. The van der Waals surface area contributed by atoms with Gasteiger partial charge in [0.2, 0.25) is 5.91 Å². The third-order valence-electron chi connectivity index (χ3n) is 11.9. The average molecular weight is 911 g/mol. The number of phenolic OH excluding ortho intramolecular Hbond substituents is 2. The van der Waals surface area contributed by atoms with Crippen LogP contribution in [0.4, 0.5) is 0 Å². The minimum absolute atomic E-state index is 0.0332. The van der Waals surface area contributed by atoms with E-state index in [0.717, 1.165) is 112 Å². The van der Waals surface area contributed by atoms with Crippen molar-refractivity contribution in [2.75, 3.05) is 13.1 Å². The number of amides is 1. The van der Waals surface area contributed by atoms with E-state index in [2.05, 4.69) is 140 Å². The van der Waals surface area contributed by atoms with Crippen LogP contribution in [0, 0.1) is 23.7 Å². The highest BCUT2D eigenvalue weighted by Gasteiger charge is 2.27. The van der Waals surface area contributed by atoms with Gasteiger partial charge in [-0.3, -0.25) is 9.59 Å². The SMILES string of the molecule is CC(C)Cc1cc(CCCN)cc(C(C)(C)C)c1O.CCCC(C)CCC.CCCC(CCC)C(=O)NCCCc1cc(C(C)(C)C)c(O)c(C(C)(C)C)c1.CCCC(CCC)C(=O)O. The Morgan fingerprint density at radius 3 is 1.29 bits per heavy atom. The number of hydrogen-bond acceptors (Lipinski definition) is 5. The van der Waals surface area contributed by atoms with Crippen LogP contribution in [-0.4, -0.2) is 40.3 Å². The second kappa shape index (κ2) is 33.4. The number of carbonyl (C=O) groups excluding carboxylic acids is 1. The van der Waals surface area contributed by atoms with Crippen molar-refractivity contribution < 1.29 is 24.9 Å². The molecule has 0 spiro atoms. The minimum atomic E-state index is -0.635. The smallest absolute Gasteiger partial charge is 0.306 e. The van der Waals surface area contributed by atoms with Crippen LogP contribution in [0.25, 0.3) is 0 Å². The molecular weight excluding hydrogens is 805 g/mol. The van der Waals surface area contributed by atoms with Crippen LogP contribution in [0.1, 0.15) is 248 Å². The molecular formula is C58H106N2O5. The van der Waals surface area contributed by atoms with Crippen LogP contribution in [-0.2, 0) is 45.1 Å². The lowest BCUT2D eigenvalue weighted by Gasteiger charge is -2.28. The number of benzene rings is 2. The van der Waals surface area contributed by atoms with Crippen LogP contribution in [0.2, 0.25) is 0 Å². The van der Waals surface area contributed by atoms with Gasteiger partial charge in [-0.25, -0.2) is 0 Å². The first kappa shape index (κ1) is 64.0. The van der Waals surface area contributed by atoms with Gasteiger partial charge in [-0.1, -0.05) is 200 Å². The lowest BCUT2D eigenvalue weighted by atomic mass is 9.78. The van der Waals surface area contributed by atoms with Gasteiger partial charge in [0.1, 0.15) is 11.5 Å². The van der Waals surface area contributed by atoms with Gasteiger partial charge in [-0.05, 0) is 126 Å². The molecule has 0 saturated heterocycles. The molecule has 0 heterocycles. The van der Waals surface area contributed by atoms with Crippen molar-refractivity contribution in [1.29, 1.82) is 0 Å². The lowest BCUT2D eigenvalue weighted by Crippen LogP contribution is -2.31. The standard InChI is InChI=1S/C25H43NO2.C17H29NO.C8H16O2.C8H18/c1-9-12-19(13-10-2)23(28)26-15-11-14-18-16-20(24(3,4)5)22(27)21(17-18)25(6,7)8;1-12(2)9-14-10-13(7-6-8-18)11-15(16(14)19)17(3,4)5;1-3-5-7(6-4-2)8(9)10;1-4-6-8(3)7-5-2/h16-17,19,27H,9-15H2,1-8H3,(H,26,28);10-12,19H,6-9,18H2,1-5H3;7H,3-6H2,1-2H3,(H,9,10);8H,4-7H2,1-3H3. The number of aliphatic carboxylic acids is 1. The summed E-state index contributed by atoms with van der Waals surface area (Å²) >= 11 is 0. The summed E-state index contributed by atoms with van der Waals surface area (Å²) in [4.78, 5) is 22.9. The number of hydrogen-bond donors (Lipinski definition) is 5. The number of nitrogens with one attached hydrogen (secondary N) is 1. The van der Waals surface area contributed by atoms with E-state index in [1.807, 2.05) is 13.8 Å². The normalized spacial score (nSPS) is 11.8. The largest absolute Gasteiger partial charge is 0.507 e. The lowest BCUT2D eigenvalue weighted by molar-refractivity contribution is -0.142. The fourth-order valence-corrected chi connectivity index (χ4v) is 8.33. The zero-order valence-electron chi connectivity index (χ0n) is 45.8. The number of carbonyl (C=O) groups is 2. The van der Waals surface area contributed by atoms with Gasteiger partial charge in [-0.2, -0.15) is 0 Å². The Morgan fingerprint density at radius 2 is 0.938 bits per heavy atom. The molecule has 0 radical (unpaired) electrons. The fraction of sp³-hybridized carbons (Fsp3) is 0.759. The molecule has 0 fully saturated rings. The molecule has 2 aromatic rings. The monoisotopic (exact) mass is 911 g/mol. The van der Waals surface area contributed by atoms with Crippen molar-refractivity contribution in [2.24, 2.45) is 29.4 Å². The predicted molar refractivity (Wildman–Crippen MR) is 283 cm³/mol. The van der Waals surface area contributed by atoms with Gasteiger partial charge in [0.15, 0.2) is 0 Å². The predicted octanol–water partition coefficient (Wildman–Crippen LogP) is 15.5. The van der Waals surface area contributed by atoms with Gasteiger partial charge in [0.25, 0.3) is 0 Å². The summed E-state index contributed by atoms with van der Waals surface area (Å²) in [5.41, 5.74) is 12.0. The molecule has 378 valence electrons. The maximum atomic E-state index is 12.4. The summed E-state index contributed by atoms with van der Waals surface area (Å²) < 4.78 is 0. The second-order valence-electron chi connectivity index (χ2n) is 22.4. The number of carboxylic acids is 1. The molecule has 0 aliphatic rings. The van der Waals surface area contributed by atoms with Crippen molar-refractivity contribution in [2.45, 2.75) is 250 Å². The Hall–Kier alpha value is -3.06. The van der Waals surface area contributed by atoms with Crippen molar-refractivity contribution >= 4 is 11.9 Å². The Balaban J connectivity index is 0. The number of rotatable bonds is 23. The molecule has 65 heavy (non-hydrogen) atoms. The molecule has 2 rings (SSSR count). The molecule has 7 nitrogen and oxygen atoms in total. The topological polar surface area (TPSA) is 133 Å². The number of aromatic hydroxyl groups is 2. The molecule has 2 aromatic carbocycles. The fourth-order valence-electron chi connectivity index (χ4n) is 8.33. The van der Waals surface area contributed by atoms with E-state index in [1.165, 1.54) is 36.8 Å². The van der Waals surface area contributed by atoms with E-state index in [0.29, 0.717) is 30.5 Å². The quantitative estimate of drug-likeness (QED) is 0.0705. The van der Waals surface area contributed by atoms with Gasteiger partial charge in [-0.15, -0.1) is 0 Å². The molecule has 7 heteroatoms. The van der Waals surface area contributed by atoms with Crippen molar-refractivity contribution in [3.8, 4) is 11.5 Å². The molecule has 1 amide bonds. The van der Waals surface area contributed by atoms with E-state index in [4.69, 9.17) is 10.8 Å². The summed E-state index contributed by atoms with van der Waals surface area (Å²) in [6, 6.07) is 8.59. The second-order valence-corrected chi connectivity index (χ2v) is 22.4. The van der Waals surface area contributed by atoms with Crippen molar-refractivity contribution in [3.05, 3.63) is 57.6 Å². The van der Waals surface area contributed by atoms with E-state index < -0.39 is 5.97 Å². The minimum Gasteiger partial charge on any atom is -0.507 e. The van der Waals surface area contributed by atoms with Crippen molar-refractivity contribution in [3.63, 3.8) is 0 Å². The van der Waals surface area contributed by atoms with Crippen LogP contribution in [0.5, 0.6) is 11.5 Å². The first-order valence-electron chi connectivity index (χ1n) is 26.1. The molecule has 0 aliphatic carbocycles. The van der Waals surface area contributed by atoms with Gasteiger partial charge >= 0.3 is 5.97 Å². The summed E-state index contributed by atoms with van der Waals surface area (Å²) in [6.45, 7) is 40.2. The summed E-state index contributed by atoms with van der Waals surface area (Å²) in [5.74, 6) is 2.05. The van der Waals surface area contributed by atoms with Crippen molar-refractivity contribution in [1.82, 2.24) is 5.32 Å². The molecule has 0 aromatic heterocycles. The highest BCUT2D eigenvalue weighted by Crippen LogP contribution is 2.40. The Morgan fingerprint density at radius 1 is 0.569 bits per heavy atom. The summed E-state index contributed by atoms with van der Waals surface area (Å²) in [7, 11) is 0. The zero-order chi connectivity index (χ0) is 50.6. The third-order valence-corrected chi connectivity index (χ3v) is 11.9. The molecule has 6 N–H and O–H groups in total. The van der Waals surface area contributed by atoms with Crippen LogP contribution >= 0.6 is 0 Å². The Bertz CT molecular complexity index is 1520. The van der Waals surface area contributed by atoms with Crippen LogP contribution in [0.3, 0.4) is 0 Å². The van der Waals surface area contributed by atoms with Crippen LogP contribution < -0.4 is 11.1 Å². The Kier molecular flexibility index (Phi) is 32.9. The van der Waals surface area contributed by atoms with E-state index in [9.17, 15) is 19.8 Å². The average Bonchev–Trinajstić information content (AvgIpc) is 3.19. The molecule has 0 saturated carbocycles. The molecule has 0 aliphatic heterocycles. The number of aryl methyl sites for hydroxylation is 2. The highest BCUT2D eigenvalue weighted by atomic mass is 16.4. The number of nitrogens with two attached hydrogens (primary N) is 1. The van der Waals surface area contributed by atoms with E-state index in [1.54, 1.807) is 0 Å². The maximum absolute atomic E-state index is 12.4. The zero-order valence-corrected chi connectivity index (χ0v) is 45.8. The van der Waals surface area contributed by atoms with Crippen LogP contribution in [0.15, 0.2) is 24.3 Å². The van der Waals surface area contributed by atoms with E-state index >= 15 is 0 Å². The van der Waals surface area contributed by atoms with Gasteiger partial charge in [0, 0.05) is 12.5 Å². The van der Waals surface area contributed by atoms with Gasteiger partial charge < -0.3 is 26.4 Å². The summed E-state index contributed by atoms with van der Waals surface area (Å²) in [5, 5.41) is 33.1. The number of carboxylic acid groups (broad SMARTS) is 1. The Labute approximate surface area is 402 Å².